The minimum atomic E-state index is -1.83. The molecule has 0 fully saturated rings. The molecule has 5 aromatic carbocycles. The van der Waals surface area contributed by atoms with E-state index in [2.05, 4.69) is 205 Å². The maximum atomic E-state index is 10.00. The average Bonchev–Trinajstić information content (AvgIpc) is 3.78. The third-order valence-electron chi connectivity index (χ3n) is 14.9. The third kappa shape index (κ3) is 6.01. The van der Waals surface area contributed by atoms with Crippen LogP contribution in [0.3, 0.4) is 0 Å². The minimum Gasteiger partial charge on any atom is -0.467 e. The number of fused-ring (bicyclic) bond motifs is 8. The molecule has 0 amide bonds. The number of benzene rings is 5. The zero-order valence-electron chi connectivity index (χ0n) is 42.9. The van der Waals surface area contributed by atoms with Crippen molar-refractivity contribution in [1.82, 2.24) is 9.55 Å². The van der Waals surface area contributed by atoms with Gasteiger partial charge in [0.05, 0.1) is 22.4 Å². The van der Waals surface area contributed by atoms with Crippen molar-refractivity contribution in [2.45, 2.75) is 145 Å². The molecule has 0 bridgehead atoms. The minimum absolute atomic E-state index is 0.0508. The van der Waals surface area contributed by atoms with Gasteiger partial charge >= 0.3 is 0 Å². The van der Waals surface area contributed by atoms with Crippen LogP contribution in [0.25, 0.3) is 27.6 Å². The molecule has 3 aliphatic rings. The maximum absolute atomic E-state index is 10.00. The summed E-state index contributed by atoms with van der Waals surface area (Å²) < 4.78 is 29.7. The van der Waals surface area contributed by atoms with E-state index in [1.54, 1.807) is 0 Å². The number of hydrogen-bond acceptors (Lipinski definition) is 4. The Morgan fingerprint density at radius 1 is 0.625 bits per heavy atom. The van der Waals surface area contributed by atoms with E-state index in [1.807, 2.05) is 12.3 Å². The lowest BCUT2D eigenvalue weighted by Crippen LogP contribution is -2.54. The fourth-order valence-corrected chi connectivity index (χ4v) is 11.0. The molecule has 0 radical (unpaired) electrons. The molecule has 5 heteroatoms. The Kier molecular flexibility index (Phi) is 8.37. The summed E-state index contributed by atoms with van der Waals surface area (Å²) in [6.45, 7) is 35.2. The van der Waals surface area contributed by atoms with E-state index in [9.17, 15) is 2.74 Å². The number of anilines is 3. The monoisotopic (exact) mass is 849 g/mol. The Labute approximate surface area is 384 Å². The van der Waals surface area contributed by atoms with Crippen LogP contribution in [0.2, 0.25) is 0 Å². The number of aromatic nitrogens is 2. The van der Waals surface area contributed by atoms with Gasteiger partial charge in [0.1, 0.15) is 17.0 Å². The van der Waals surface area contributed by atoms with E-state index >= 15 is 0 Å². The molecule has 5 nitrogen and oxygen atoms in total. The number of aliphatic imine (C=N–C) groups is 1. The van der Waals surface area contributed by atoms with Gasteiger partial charge in [0.2, 0.25) is 5.90 Å². The van der Waals surface area contributed by atoms with Crippen molar-refractivity contribution < 1.29 is 7.48 Å². The summed E-state index contributed by atoms with van der Waals surface area (Å²) in [4.78, 5) is 13.1. The molecule has 7 aromatic rings. The van der Waals surface area contributed by atoms with E-state index in [0.717, 1.165) is 61.7 Å². The first-order valence-electron chi connectivity index (χ1n) is 24.1. The van der Waals surface area contributed by atoms with Crippen LogP contribution in [0, 0.1) is 33.1 Å². The number of aryl methyl sites for hydroxylation is 4. The molecule has 10 rings (SSSR count). The average molecular weight is 849 g/mol. The summed E-state index contributed by atoms with van der Waals surface area (Å²) in [5, 5.41) is 2.41. The van der Waals surface area contributed by atoms with Gasteiger partial charge in [0.15, 0.2) is 0 Å². The van der Waals surface area contributed by atoms with Gasteiger partial charge in [0, 0.05) is 48.2 Å². The fourth-order valence-electron chi connectivity index (χ4n) is 11.0. The van der Waals surface area contributed by atoms with E-state index in [-0.39, 0.29) is 16.2 Å². The first-order valence-corrected chi connectivity index (χ1v) is 23.1. The summed E-state index contributed by atoms with van der Waals surface area (Å²) in [5.41, 5.74) is 13.8. The Morgan fingerprint density at radius 2 is 1.28 bits per heavy atom. The smallest absolute Gasteiger partial charge is 0.217 e. The van der Waals surface area contributed by atoms with Crippen LogP contribution in [-0.4, -0.2) is 21.0 Å². The molecule has 2 atom stereocenters. The molecule has 64 heavy (non-hydrogen) atoms. The van der Waals surface area contributed by atoms with E-state index in [1.165, 1.54) is 38.6 Å². The third-order valence-corrected chi connectivity index (χ3v) is 14.9. The van der Waals surface area contributed by atoms with Crippen LogP contribution in [0.15, 0.2) is 102 Å². The van der Waals surface area contributed by atoms with Crippen LogP contribution < -0.4 is 4.90 Å². The number of hydrogen-bond donors (Lipinski definition) is 0. The number of ether oxygens (including phenoxy) is 1. The van der Waals surface area contributed by atoms with Crippen LogP contribution in [0.4, 0.5) is 17.1 Å². The zero-order chi connectivity index (χ0) is 47.6. The van der Waals surface area contributed by atoms with Crippen molar-refractivity contribution in [3.05, 3.63) is 158 Å². The van der Waals surface area contributed by atoms with E-state index in [4.69, 9.17) is 14.7 Å². The lowest BCUT2D eigenvalue weighted by molar-refractivity contribution is -0.0673. The summed E-state index contributed by atoms with van der Waals surface area (Å²) in [6.07, 6.45) is 0.119. The molecule has 0 saturated carbocycles. The second-order valence-electron chi connectivity index (χ2n) is 23.0. The van der Waals surface area contributed by atoms with Crippen LogP contribution in [0.5, 0.6) is 0 Å². The van der Waals surface area contributed by atoms with Crippen molar-refractivity contribution >= 4 is 44.8 Å². The largest absolute Gasteiger partial charge is 0.467 e. The van der Waals surface area contributed by atoms with Crippen LogP contribution in [-0.2, 0) is 32.9 Å². The molecule has 0 N–H and O–H groups in total. The van der Waals surface area contributed by atoms with Crippen molar-refractivity contribution in [1.29, 1.82) is 0 Å². The number of rotatable bonds is 3. The summed E-state index contributed by atoms with van der Waals surface area (Å²) in [5.74, 6) is 1.38. The van der Waals surface area contributed by atoms with Gasteiger partial charge in [-0.15, -0.1) is 0 Å². The molecule has 0 spiro atoms. The molecule has 4 heterocycles. The highest BCUT2D eigenvalue weighted by Gasteiger charge is 2.66. The van der Waals surface area contributed by atoms with Gasteiger partial charge in [-0.3, -0.25) is 4.57 Å². The van der Waals surface area contributed by atoms with Crippen LogP contribution >= 0.6 is 0 Å². The molecular weight excluding hydrogens is 781 g/mol. The predicted octanol–water partition coefficient (Wildman–Crippen LogP) is 15.1. The first kappa shape index (κ1) is 39.9. The predicted molar refractivity (Wildman–Crippen MR) is 269 cm³/mol. The number of pyridine rings is 1. The zero-order valence-corrected chi connectivity index (χ0v) is 40.9. The SMILES string of the molecule is [2H]C1([2H])c2cc(C)c(C)cc2[C@@]2(C)N=C(c3cc(N4c5ccc(C)cc5C(C)(C)c5cc6c7cc(C)ccc7n(-c7cc(C(C)(C)C)ccn7)c6cc54)cc(C(C)(C)C)c3)O[C@@]12C(C)(C)C. The van der Waals surface area contributed by atoms with Gasteiger partial charge in [-0.2, -0.15) is 0 Å². The summed E-state index contributed by atoms with van der Waals surface area (Å²) >= 11 is 0. The molecule has 0 saturated heterocycles. The normalized spacial score (nSPS) is 21.5. The van der Waals surface area contributed by atoms with Crippen molar-refractivity contribution in [2.24, 2.45) is 10.4 Å². The summed E-state index contributed by atoms with van der Waals surface area (Å²) in [7, 11) is 0. The second-order valence-corrected chi connectivity index (χ2v) is 23.0. The highest BCUT2D eigenvalue weighted by atomic mass is 16.5. The second kappa shape index (κ2) is 13.4. The standard InChI is InChI=1S/C59H66N4O/c1-34-17-19-48-43(23-34)44-31-47-51(32-50(44)63(48)52-30-40(21-22-60-52)54(5,6)7)62(49-20-18-35(2)24-46(49)57(47,14)15)42-28-38(27-41(29-42)55(8,9)10)53-61-58(16)45-26-37(4)36(3)25-39(45)33-59(58,64-53)56(11,12)13/h17-32H,33H2,1-16H3/t58-,59-/m1/s1/i33D2. The van der Waals surface area contributed by atoms with E-state index in [0.29, 0.717) is 11.5 Å². The molecule has 2 aromatic heterocycles. The maximum Gasteiger partial charge on any atom is 0.217 e. The topological polar surface area (TPSA) is 42.7 Å². The fraction of sp³-hybridized carbons (Fsp3) is 0.390. The lowest BCUT2D eigenvalue weighted by atomic mass is 9.66. The van der Waals surface area contributed by atoms with Gasteiger partial charge in [-0.25, -0.2) is 9.98 Å². The molecule has 1 aliphatic carbocycles. The molecule has 328 valence electrons. The highest BCUT2D eigenvalue weighted by Crippen LogP contribution is 2.61. The van der Waals surface area contributed by atoms with Crippen molar-refractivity contribution in [3.63, 3.8) is 0 Å². The number of nitrogens with zero attached hydrogens (tertiary/aromatic N) is 4. The van der Waals surface area contributed by atoms with Gasteiger partial charge in [-0.1, -0.05) is 118 Å². The summed E-state index contributed by atoms with van der Waals surface area (Å²) in [6, 6.07) is 33.9. The molecule has 0 unspecified atom stereocenters. The highest BCUT2D eigenvalue weighted by molar-refractivity contribution is 6.12. The van der Waals surface area contributed by atoms with Crippen molar-refractivity contribution in [2.75, 3.05) is 4.90 Å². The molecular formula is C59H66N4O. The van der Waals surface area contributed by atoms with Crippen molar-refractivity contribution in [3.8, 4) is 5.82 Å². The Hall–Kier alpha value is -5.68. The van der Waals surface area contributed by atoms with Gasteiger partial charge in [-0.05, 0) is 151 Å². The molecule has 2 aliphatic heterocycles. The van der Waals surface area contributed by atoms with Crippen LogP contribution in [0.1, 0.15) is 147 Å². The van der Waals surface area contributed by atoms with Gasteiger partial charge < -0.3 is 9.64 Å². The first-order chi connectivity index (χ1) is 30.6. The van der Waals surface area contributed by atoms with Gasteiger partial charge in [0.25, 0.3) is 0 Å². The lowest BCUT2D eigenvalue weighted by Gasteiger charge is -2.45. The Balaban J connectivity index is 1.26. The van der Waals surface area contributed by atoms with E-state index < -0.39 is 22.9 Å². The Bertz CT molecular complexity index is 3260. The Morgan fingerprint density at radius 3 is 1.98 bits per heavy atom. The quantitative estimate of drug-likeness (QED) is 0.178.